The molecule has 0 aliphatic rings. The Bertz CT molecular complexity index is 406. The molecule has 0 bridgehead atoms. The smallest absolute Gasteiger partial charge is 0.241 e. The molecule has 0 radical (unpaired) electrons. The fourth-order valence-corrected chi connectivity index (χ4v) is 1.56. The van der Waals surface area contributed by atoms with Gasteiger partial charge < -0.3 is 15.5 Å². The Hall–Kier alpha value is -1.88. The highest BCUT2D eigenvalue weighted by molar-refractivity contribution is 5.85. The summed E-state index contributed by atoms with van der Waals surface area (Å²) in [5.74, 6) is -0.224. The van der Waals surface area contributed by atoms with E-state index in [9.17, 15) is 9.59 Å². The number of carbonyl (C=O) groups excluding carboxylic acids is 2. The number of likely N-dealkylation sites (N-methyl/N-ethyl adjacent to an activating group) is 2. The van der Waals surface area contributed by atoms with E-state index >= 15 is 0 Å². The zero-order valence-corrected chi connectivity index (χ0v) is 11.5. The summed E-state index contributed by atoms with van der Waals surface area (Å²) in [5.41, 5.74) is 0.941. The van der Waals surface area contributed by atoms with Crippen molar-refractivity contribution in [3.63, 3.8) is 0 Å². The zero-order valence-electron chi connectivity index (χ0n) is 11.5. The molecule has 5 nitrogen and oxygen atoms in total. The van der Waals surface area contributed by atoms with Crippen molar-refractivity contribution < 1.29 is 9.59 Å². The highest BCUT2D eigenvalue weighted by Gasteiger charge is 2.10. The molecule has 0 atom stereocenters. The molecular formula is C14H21N3O2. The summed E-state index contributed by atoms with van der Waals surface area (Å²) >= 11 is 0. The van der Waals surface area contributed by atoms with E-state index in [-0.39, 0.29) is 18.4 Å². The van der Waals surface area contributed by atoms with Crippen LogP contribution in [0.5, 0.6) is 0 Å². The van der Waals surface area contributed by atoms with E-state index in [2.05, 4.69) is 10.6 Å². The van der Waals surface area contributed by atoms with Gasteiger partial charge in [0.25, 0.3) is 0 Å². The molecule has 19 heavy (non-hydrogen) atoms. The maximum absolute atomic E-state index is 11.7. The molecule has 0 saturated carbocycles. The number of hydrogen-bond donors (Lipinski definition) is 2. The molecule has 0 fully saturated rings. The van der Waals surface area contributed by atoms with Gasteiger partial charge in [0.1, 0.15) is 0 Å². The van der Waals surface area contributed by atoms with Gasteiger partial charge in [0, 0.05) is 20.1 Å². The first-order valence-corrected chi connectivity index (χ1v) is 6.32. The lowest BCUT2D eigenvalue weighted by molar-refractivity contribution is -0.131. The molecule has 104 valence electrons. The molecule has 2 amide bonds. The van der Waals surface area contributed by atoms with Crippen molar-refractivity contribution >= 4 is 11.8 Å². The number of hydrogen-bond acceptors (Lipinski definition) is 3. The minimum Gasteiger partial charge on any atom is -0.347 e. The van der Waals surface area contributed by atoms with E-state index in [1.807, 2.05) is 37.4 Å². The third-order valence-corrected chi connectivity index (χ3v) is 2.77. The Balaban J connectivity index is 2.28. The lowest BCUT2D eigenvalue weighted by Crippen LogP contribution is -2.40. The quantitative estimate of drug-likeness (QED) is 0.729. The third kappa shape index (κ3) is 6.01. The Labute approximate surface area is 114 Å². The summed E-state index contributed by atoms with van der Waals surface area (Å²) < 4.78 is 0. The number of amides is 2. The van der Waals surface area contributed by atoms with E-state index in [1.54, 1.807) is 11.9 Å². The van der Waals surface area contributed by atoms with Crippen LogP contribution < -0.4 is 10.6 Å². The van der Waals surface area contributed by atoms with E-state index in [4.69, 9.17) is 0 Å². The van der Waals surface area contributed by atoms with Crippen LogP contribution in [0.3, 0.4) is 0 Å². The lowest BCUT2D eigenvalue weighted by Gasteiger charge is -2.17. The SMILES string of the molecule is CNCCN(C)C(=O)CNC(=O)Cc1ccccc1. The molecular weight excluding hydrogens is 242 g/mol. The summed E-state index contributed by atoms with van der Waals surface area (Å²) in [6.07, 6.45) is 0.300. The van der Waals surface area contributed by atoms with Crippen LogP contribution >= 0.6 is 0 Å². The van der Waals surface area contributed by atoms with Gasteiger partial charge in [-0.15, -0.1) is 0 Å². The van der Waals surface area contributed by atoms with Gasteiger partial charge in [0.05, 0.1) is 13.0 Å². The van der Waals surface area contributed by atoms with Crippen molar-refractivity contribution in [2.24, 2.45) is 0 Å². The normalized spacial score (nSPS) is 10.0. The van der Waals surface area contributed by atoms with Crippen LogP contribution in [-0.4, -0.2) is 50.4 Å². The second-order valence-electron chi connectivity index (χ2n) is 4.36. The maximum atomic E-state index is 11.7. The second kappa shape index (κ2) is 8.26. The fourth-order valence-electron chi connectivity index (χ4n) is 1.56. The number of carbonyl (C=O) groups is 2. The molecule has 1 aromatic rings. The largest absolute Gasteiger partial charge is 0.347 e. The summed E-state index contributed by atoms with van der Waals surface area (Å²) in [7, 11) is 3.56. The molecule has 0 aliphatic heterocycles. The van der Waals surface area contributed by atoms with Crippen molar-refractivity contribution in [2.75, 3.05) is 33.7 Å². The topological polar surface area (TPSA) is 61.4 Å². The monoisotopic (exact) mass is 263 g/mol. The average Bonchev–Trinajstić information content (AvgIpc) is 2.43. The standard InChI is InChI=1S/C14H21N3O2/c1-15-8-9-17(2)14(19)11-16-13(18)10-12-6-4-3-5-7-12/h3-7,15H,8-11H2,1-2H3,(H,16,18). The van der Waals surface area contributed by atoms with E-state index in [0.29, 0.717) is 13.0 Å². The fraction of sp³-hybridized carbons (Fsp3) is 0.429. The van der Waals surface area contributed by atoms with Gasteiger partial charge in [0.2, 0.25) is 11.8 Å². The van der Waals surface area contributed by atoms with Crippen LogP contribution in [0.1, 0.15) is 5.56 Å². The first-order chi connectivity index (χ1) is 9.13. The van der Waals surface area contributed by atoms with Crippen molar-refractivity contribution in [1.29, 1.82) is 0 Å². The lowest BCUT2D eigenvalue weighted by atomic mass is 10.1. The van der Waals surface area contributed by atoms with Crippen LogP contribution in [0, 0.1) is 0 Å². The molecule has 0 aliphatic carbocycles. The summed E-state index contributed by atoms with van der Waals surface area (Å²) in [5, 5.41) is 5.61. The zero-order chi connectivity index (χ0) is 14.1. The van der Waals surface area contributed by atoms with Crippen molar-refractivity contribution in [3.05, 3.63) is 35.9 Å². The molecule has 5 heteroatoms. The third-order valence-electron chi connectivity index (χ3n) is 2.77. The van der Waals surface area contributed by atoms with Gasteiger partial charge in [-0.25, -0.2) is 0 Å². The Kier molecular flexibility index (Phi) is 6.60. The van der Waals surface area contributed by atoms with Gasteiger partial charge in [-0.1, -0.05) is 30.3 Å². The van der Waals surface area contributed by atoms with Gasteiger partial charge in [-0.3, -0.25) is 9.59 Å². The summed E-state index contributed by atoms with van der Waals surface area (Å²) in [6, 6.07) is 9.46. The number of rotatable bonds is 7. The first-order valence-electron chi connectivity index (χ1n) is 6.32. The highest BCUT2D eigenvalue weighted by atomic mass is 16.2. The van der Waals surface area contributed by atoms with Gasteiger partial charge in [-0.05, 0) is 12.6 Å². The average molecular weight is 263 g/mol. The Morgan fingerprint density at radius 2 is 1.89 bits per heavy atom. The molecule has 0 unspecified atom stereocenters. The first kappa shape index (κ1) is 15.2. The molecule has 0 heterocycles. The minimum atomic E-state index is -0.137. The Morgan fingerprint density at radius 1 is 1.21 bits per heavy atom. The van der Waals surface area contributed by atoms with Crippen LogP contribution in [0.25, 0.3) is 0 Å². The predicted octanol–water partition coefficient (Wildman–Crippen LogP) is 0.0231. The Morgan fingerprint density at radius 3 is 2.53 bits per heavy atom. The number of nitrogens with one attached hydrogen (secondary N) is 2. The van der Waals surface area contributed by atoms with E-state index in [0.717, 1.165) is 12.1 Å². The molecule has 1 rings (SSSR count). The van der Waals surface area contributed by atoms with Gasteiger partial charge in [0.15, 0.2) is 0 Å². The van der Waals surface area contributed by atoms with Crippen LogP contribution in [0.4, 0.5) is 0 Å². The van der Waals surface area contributed by atoms with Crippen LogP contribution in [0.2, 0.25) is 0 Å². The van der Waals surface area contributed by atoms with Gasteiger partial charge in [-0.2, -0.15) is 0 Å². The van der Waals surface area contributed by atoms with Crippen LogP contribution in [0.15, 0.2) is 30.3 Å². The summed E-state index contributed by atoms with van der Waals surface area (Å²) in [4.78, 5) is 24.9. The molecule has 2 N–H and O–H groups in total. The molecule has 0 aromatic heterocycles. The van der Waals surface area contributed by atoms with E-state index in [1.165, 1.54) is 0 Å². The van der Waals surface area contributed by atoms with Crippen molar-refractivity contribution in [1.82, 2.24) is 15.5 Å². The summed E-state index contributed by atoms with van der Waals surface area (Å²) in [6.45, 7) is 1.41. The number of benzene rings is 1. The number of nitrogens with zero attached hydrogens (tertiary/aromatic N) is 1. The molecule has 0 saturated heterocycles. The molecule has 0 spiro atoms. The highest BCUT2D eigenvalue weighted by Crippen LogP contribution is 1.98. The van der Waals surface area contributed by atoms with Crippen LogP contribution in [-0.2, 0) is 16.0 Å². The van der Waals surface area contributed by atoms with Crippen molar-refractivity contribution in [3.8, 4) is 0 Å². The predicted molar refractivity (Wildman–Crippen MR) is 74.7 cm³/mol. The minimum absolute atomic E-state index is 0.0475. The van der Waals surface area contributed by atoms with Gasteiger partial charge >= 0.3 is 0 Å². The van der Waals surface area contributed by atoms with Crippen molar-refractivity contribution in [2.45, 2.75) is 6.42 Å². The second-order valence-corrected chi connectivity index (χ2v) is 4.36. The molecule has 1 aromatic carbocycles. The van der Waals surface area contributed by atoms with E-state index < -0.39 is 0 Å². The maximum Gasteiger partial charge on any atom is 0.241 e.